The first kappa shape index (κ1) is 14.3. The van der Waals surface area contributed by atoms with Crippen LogP contribution in [0.15, 0.2) is 6.20 Å². The standard InChI is InChI=1S/C10H15F3N4O/c1-3-17-6-7(14)8(15-17)9(18)16(2)5-4-10(11,12)13/h6H,3-5,14H2,1-2H3. The Balaban J connectivity index is 2.71. The number of carbonyl (C=O) groups excluding carboxylic acids is 1. The number of nitrogens with two attached hydrogens (primary N) is 1. The zero-order chi connectivity index (χ0) is 13.9. The Morgan fingerprint density at radius 3 is 2.61 bits per heavy atom. The molecule has 0 radical (unpaired) electrons. The van der Waals surface area contributed by atoms with Gasteiger partial charge >= 0.3 is 6.18 Å². The fraction of sp³-hybridized carbons (Fsp3) is 0.600. The molecule has 0 unspecified atom stereocenters. The number of anilines is 1. The Kier molecular flexibility index (Phi) is 4.20. The van der Waals surface area contributed by atoms with Crippen molar-refractivity contribution >= 4 is 11.6 Å². The van der Waals surface area contributed by atoms with Gasteiger partial charge in [-0.25, -0.2) is 0 Å². The zero-order valence-electron chi connectivity index (χ0n) is 10.2. The Morgan fingerprint density at radius 1 is 1.56 bits per heavy atom. The molecule has 0 fully saturated rings. The quantitative estimate of drug-likeness (QED) is 0.896. The molecule has 1 amide bonds. The van der Waals surface area contributed by atoms with Crippen LogP contribution in [0.25, 0.3) is 0 Å². The number of amides is 1. The molecule has 0 spiro atoms. The van der Waals surface area contributed by atoms with Crippen molar-refractivity contribution in [1.29, 1.82) is 0 Å². The Bertz CT molecular complexity index is 427. The fourth-order valence-corrected chi connectivity index (χ4v) is 1.34. The van der Waals surface area contributed by atoms with E-state index in [2.05, 4.69) is 5.10 Å². The number of carbonyl (C=O) groups is 1. The van der Waals surface area contributed by atoms with E-state index in [1.807, 2.05) is 6.92 Å². The molecule has 102 valence electrons. The molecule has 1 heterocycles. The van der Waals surface area contributed by atoms with Gasteiger partial charge in [0.1, 0.15) is 0 Å². The number of aryl methyl sites for hydroxylation is 1. The minimum absolute atomic E-state index is 0.0125. The SMILES string of the molecule is CCn1cc(N)c(C(=O)N(C)CCC(F)(F)F)n1. The van der Waals surface area contributed by atoms with Crippen LogP contribution in [0.4, 0.5) is 18.9 Å². The molecule has 0 bridgehead atoms. The molecule has 2 N–H and O–H groups in total. The Hall–Kier alpha value is -1.73. The predicted molar refractivity (Wildman–Crippen MR) is 59.9 cm³/mol. The first-order valence-electron chi connectivity index (χ1n) is 5.39. The molecule has 5 nitrogen and oxygen atoms in total. The third-order valence-electron chi connectivity index (χ3n) is 2.39. The van der Waals surface area contributed by atoms with Gasteiger partial charge in [0.05, 0.1) is 12.1 Å². The first-order chi connectivity index (χ1) is 8.24. The summed E-state index contributed by atoms with van der Waals surface area (Å²) >= 11 is 0. The average molecular weight is 264 g/mol. The van der Waals surface area contributed by atoms with Crippen LogP contribution < -0.4 is 5.73 Å². The lowest BCUT2D eigenvalue weighted by molar-refractivity contribution is -0.136. The number of nitrogens with zero attached hydrogens (tertiary/aromatic N) is 3. The maximum Gasteiger partial charge on any atom is 0.390 e. The summed E-state index contributed by atoms with van der Waals surface area (Å²) in [6.45, 7) is 1.93. The molecule has 1 aromatic heterocycles. The van der Waals surface area contributed by atoms with Crippen molar-refractivity contribution < 1.29 is 18.0 Å². The van der Waals surface area contributed by atoms with Gasteiger partial charge in [-0.2, -0.15) is 18.3 Å². The third-order valence-corrected chi connectivity index (χ3v) is 2.39. The van der Waals surface area contributed by atoms with Crippen molar-refractivity contribution in [3.8, 4) is 0 Å². The molecule has 18 heavy (non-hydrogen) atoms. The molecule has 1 aromatic rings. The highest BCUT2D eigenvalue weighted by Gasteiger charge is 2.29. The van der Waals surface area contributed by atoms with Crippen LogP contribution in [-0.4, -0.2) is 40.4 Å². The van der Waals surface area contributed by atoms with Crippen LogP contribution >= 0.6 is 0 Å². The van der Waals surface area contributed by atoms with Gasteiger partial charge in [-0.15, -0.1) is 0 Å². The molecule has 0 saturated carbocycles. The minimum atomic E-state index is -4.29. The van der Waals surface area contributed by atoms with Crippen LogP contribution in [0.5, 0.6) is 0 Å². The molecule has 0 atom stereocenters. The number of alkyl halides is 3. The molecule has 0 aliphatic heterocycles. The molecule has 0 saturated heterocycles. The summed E-state index contributed by atoms with van der Waals surface area (Å²) in [5.74, 6) is -0.607. The normalized spacial score (nSPS) is 11.6. The smallest absolute Gasteiger partial charge is 0.390 e. The Morgan fingerprint density at radius 2 is 2.17 bits per heavy atom. The third kappa shape index (κ3) is 3.64. The second-order valence-electron chi connectivity index (χ2n) is 3.88. The second kappa shape index (κ2) is 5.28. The largest absolute Gasteiger partial charge is 0.396 e. The number of aromatic nitrogens is 2. The number of halogens is 3. The van der Waals surface area contributed by atoms with E-state index in [0.717, 1.165) is 4.90 Å². The molecular weight excluding hydrogens is 249 g/mol. The van der Waals surface area contributed by atoms with Crippen molar-refractivity contribution in [2.45, 2.75) is 26.1 Å². The van der Waals surface area contributed by atoms with Gasteiger partial charge in [0.15, 0.2) is 5.69 Å². The summed E-state index contributed by atoms with van der Waals surface area (Å²) in [6.07, 6.45) is -3.86. The monoisotopic (exact) mass is 264 g/mol. The van der Waals surface area contributed by atoms with E-state index >= 15 is 0 Å². The summed E-state index contributed by atoms with van der Waals surface area (Å²) in [4.78, 5) is 12.8. The van der Waals surface area contributed by atoms with Crippen LogP contribution in [0.2, 0.25) is 0 Å². The van der Waals surface area contributed by atoms with E-state index in [9.17, 15) is 18.0 Å². The van der Waals surface area contributed by atoms with Crippen molar-refractivity contribution in [1.82, 2.24) is 14.7 Å². The number of hydrogen-bond acceptors (Lipinski definition) is 3. The molecule has 8 heteroatoms. The maximum atomic E-state index is 12.0. The second-order valence-corrected chi connectivity index (χ2v) is 3.88. The summed E-state index contributed by atoms with van der Waals surface area (Å²) in [5.41, 5.74) is 5.74. The summed E-state index contributed by atoms with van der Waals surface area (Å²) < 4.78 is 37.6. The summed E-state index contributed by atoms with van der Waals surface area (Å²) in [6, 6.07) is 0. The molecule has 1 rings (SSSR count). The molecule has 0 aliphatic carbocycles. The topological polar surface area (TPSA) is 64.2 Å². The van der Waals surface area contributed by atoms with Crippen molar-refractivity contribution in [2.75, 3.05) is 19.3 Å². The maximum absolute atomic E-state index is 12.0. The molecule has 0 aliphatic rings. The predicted octanol–water partition coefficient (Wildman–Crippen LogP) is 1.51. The minimum Gasteiger partial charge on any atom is -0.396 e. The molecule has 0 aromatic carbocycles. The number of rotatable bonds is 4. The van der Waals surface area contributed by atoms with Crippen molar-refractivity contribution in [3.05, 3.63) is 11.9 Å². The van der Waals surface area contributed by atoms with Gasteiger partial charge in [-0.1, -0.05) is 0 Å². The van der Waals surface area contributed by atoms with Gasteiger partial charge in [-0.05, 0) is 6.92 Å². The van der Waals surface area contributed by atoms with E-state index in [1.54, 1.807) is 0 Å². The van der Waals surface area contributed by atoms with Crippen LogP contribution in [-0.2, 0) is 6.54 Å². The van der Waals surface area contributed by atoms with Crippen LogP contribution in [0, 0.1) is 0 Å². The lowest BCUT2D eigenvalue weighted by Gasteiger charge is -2.17. The fourth-order valence-electron chi connectivity index (χ4n) is 1.34. The van der Waals surface area contributed by atoms with Gasteiger partial charge in [-0.3, -0.25) is 9.48 Å². The van der Waals surface area contributed by atoms with Crippen molar-refractivity contribution in [3.63, 3.8) is 0 Å². The van der Waals surface area contributed by atoms with Crippen LogP contribution in [0.1, 0.15) is 23.8 Å². The van der Waals surface area contributed by atoms with Gasteiger partial charge < -0.3 is 10.6 Å². The number of hydrogen-bond donors (Lipinski definition) is 1. The highest BCUT2D eigenvalue weighted by Crippen LogP contribution is 2.20. The van der Waals surface area contributed by atoms with E-state index in [4.69, 9.17) is 5.73 Å². The van der Waals surface area contributed by atoms with Crippen LogP contribution in [0.3, 0.4) is 0 Å². The first-order valence-corrected chi connectivity index (χ1v) is 5.39. The van der Waals surface area contributed by atoms with Crippen molar-refractivity contribution in [2.24, 2.45) is 0 Å². The Labute approximate surface area is 102 Å². The zero-order valence-corrected chi connectivity index (χ0v) is 10.2. The highest BCUT2D eigenvalue weighted by molar-refractivity contribution is 5.96. The average Bonchev–Trinajstić information content (AvgIpc) is 2.65. The number of nitrogen functional groups attached to an aromatic ring is 1. The van der Waals surface area contributed by atoms with Gasteiger partial charge in [0, 0.05) is 26.3 Å². The van der Waals surface area contributed by atoms with Gasteiger partial charge in [0.2, 0.25) is 0 Å². The summed E-state index contributed by atoms with van der Waals surface area (Å²) in [7, 11) is 1.29. The van der Waals surface area contributed by atoms with Gasteiger partial charge in [0.25, 0.3) is 5.91 Å². The molecular formula is C10H15F3N4O. The van der Waals surface area contributed by atoms with E-state index in [-0.39, 0.29) is 11.4 Å². The van der Waals surface area contributed by atoms with E-state index < -0.39 is 25.0 Å². The van der Waals surface area contributed by atoms with E-state index in [0.29, 0.717) is 6.54 Å². The lowest BCUT2D eigenvalue weighted by Crippen LogP contribution is -2.31. The van der Waals surface area contributed by atoms with E-state index in [1.165, 1.54) is 17.9 Å². The highest BCUT2D eigenvalue weighted by atomic mass is 19.4. The summed E-state index contributed by atoms with van der Waals surface area (Å²) in [5, 5.41) is 3.91. The lowest BCUT2D eigenvalue weighted by atomic mass is 10.3.